The summed E-state index contributed by atoms with van der Waals surface area (Å²) < 4.78 is 0. The van der Waals surface area contributed by atoms with E-state index >= 15 is 0 Å². The van der Waals surface area contributed by atoms with Crippen molar-refractivity contribution in [3.05, 3.63) is 0 Å². The van der Waals surface area contributed by atoms with Gasteiger partial charge in [0.1, 0.15) is 0 Å². The molecule has 0 atom stereocenters. The van der Waals surface area contributed by atoms with Crippen molar-refractivity contribution < 1.29 is 0 Å². The van der Waals surface area contributed by atoms with Crippen LogP contribution in [0.1, 0.15) is 46.0 Å². The lowest BCUT2D eigenvalue weighted by atomic mass is 10.2. The lowest BCUT2D eigenvalue weighted by Crippen LogP contribution is -2.15. The Kier molecular flexibility index (Phi) is 18.0. The fourth-order valence-electron chi connectivity index (χ4n) is 0.979. The van der Waals surface area contributed by atoms with Gasteiger partial charge in [-0.1, -0.05) is 33.1 Å². The molecule has 0 amide bonds. The molecule has 2 nitrogen and oxygen atoms in total. The Morgan fingerprint density at radius 2 is 1.36 bits per heavy atom. The predicted octanol–water partition coefficient (Wildman–Crippen LogP) is 2.74. The lowest BCUT2D eigenvalue weighted by molar-refractivity contribution is 0.505. The Bertz CT molecular complexity index is 71.6. The van der Waals surface area contributed by atoms with Crippen molar-refractivity contribution >= 4 is 0 Å². The first kappa shape index (κ1) is 16.4. The summed E-state index contributed by atoms with van der Waals surface area (Å²) in [6.45, 7) is 6.86. The predicted molar refractivity (Wildman–Crippen MR) is 66.9 cm³/mol. The highest BCUT2D eigenvalue weighted by atomic mass is 15.0. The van der Waals surface area contributed by atoms with Crippen LogP contribution in [-0.2, 0) is 0 Å². The highest BCUT2D eigenvalue weighted by Gasteiger charge is 1.85. The zero-order valence-electron chi connectivity index (χ0n) is 10.9. The monoisotopic (exact) mass is 202 g/mol. The van der Waals surface area contributed by atoms with Crippen molar-refractivity contribution in [2.75, 3.05) is 34.2 Å². The topological polar surface area (TPSA) is 15.3 Å². The van der Waals surface area contributed by atoms with E-state index in [0.717, 1.165) is 0 Å². The van der Waals surface area contributed by atoms with Crippen LogP contribution in [0.4, 0.5) is 0 Å². The van der Waals surface area contributed by atoms with Gasteiger partial charge < -0.3 is 10.2 Å². The van der Waals surface area contributed by atoms with E-state index in [9.17, 15) is 0 Å². The van der Waals surface area contributed by atoms with Gasteiger partial charge in [-0.05, 0) is 47.1 Å². The fraction of sp³-hybridized carbons (Fsp3) is 1.00. The number of nitrogens with zero attached hydrogens (tertiary/aromatic N) is 1. The van der Waals surface area contributed by atoms with E-state index < -0.39 is 0 Å². The number of unbranched alkanes of at least 4 members (excludes halogenated alkanes) is 3. The van der Waals surface area contributed by atoms with Crippen LogP contribution in [0.3, 0.4) is 0 Å². The van der Waals surface area contributed by atoms with Crippen LogP contribution in [0.5, 0.6) is 0 Å². The van der Waals surface area contributed by atoms with Gasteiger partial charge in [-0.15, -0.1) is 0 Å². The molecule has 1 N–H and O–H groups in total. The molecule has 0 fully saturated rings. The Morgan fingerprint density at radius 1 is 0.786 bits per heavy atom. The van der Waals surface area contributed by atoms with Crippen LogP contribution in [0.25, 0.3) is 0 Å². The second-order valence-corrected chi connectivity index (χ2v) is 4.15. The summed E-state index contributed by atoms with van der Waals surface area (Å²) >= 11 is 0. The first-order chi connectivity index (χ1) is 6.65. The van der Waals surface area contributed by atoms with Gasteiger partial charge in [-0.2, -0.15) is 0 Å². The number of hydrogen-bond donors (Lipinski definition) is 1. The number of nitrogens with one attached hydrogen (secondary N) is 1. The first-order valence-electron chi connectivity index (χ1n) is 5.96. The molecule has 0 saturated carbocycles. The maximum atomic E-state index is 3.39. The molecular formula is C12H30N2. The van der Waals surface area contributed by atoms with E-state index in [-0.39, 0.29) is 0 Å². The minimum atomic E-state index is 1.19. The molecule has 0 spiro atoms. The Balaban J connectivity index is 0. The molecule has 14 heavy (non-hydrogen) atoms. The van der Waals surface area contributed by atoms with Gasteiger partial charge in [0.2, 0.25) is 0 Å². The van der Waals surface area contributed by atoms with Crippen molar-refractivity contribution in [3.63, 3.8) is 0 Å². The molecule has 0 heterocycles. The SMILES string of the molecule is CCCCCCNCCC.CN(C)C. The molecule has 0 bridgehead atoms. The minimum Gasteiger partial charge on any atom is -0.317 e. The van der Waals surface area contributed by atoms with Crippen molar-refractivity contribution in [3.8, 4) is 0 Å². The molecule has 88 valence electrons. The van der Waals surface area contributed by atoms with Crippen LogP contribution >= 0.6 is 0 Å². The van der Waals surface area contributed by atoms with Crippen LogP contribution < -0.4 is 5.32 Å². The molecule has 0 unspecified atom stereocenters. The van der Waals surface area contributed by atoms with Gasteiger partial charge in [0, 0.05) is 0 Å². The van der Waals surface area contributed by atoms with E-state index in [1.807, 2.05) is 26.0 Å². The van der Waals surface area contributed by atoms with Gasteiger partial charge in [-0.25, -0.2) is 0 Å². The van der Waals surface area contributed by atoms with Gasteiger partial charge >= 0.3 is 0 Å². The summed E-state index contributed by atoms with van der Waals surface area (Å²) in [4.78, 5) is 2.00. The van der Waals surface area contributed by atoms with Gasteiger partial charge in [0.05, 0.1) is 0 Å². The molecule has 0 saturated heterocycles. The third kappa shape index (κ3) is 29.7. The fourth-order valence-corrected chi connectivity index (χ4v) is 0.979. The molecule has 0 aliphatic rings. The second kappa shape index (κ2) is 15.4. The van der Waals surface area contributed by atoms with E-state index in [4.69, 9.17) is 0 Å². The van der Waals surface area contributed by atoms with Crippen molar-refractivity contribution in [2.24, 2.45) is 0 Å². The summed E-state index contributed by atoms with van der Waals surface area (Å²) in [7, 11) is 6.00. The normalized spacial score (nSPS) is 9.86. The summed E-state index contributed by atoms with van der Waals surface area (Å²) in [6.07, 6.45) is 6.75. The molecule has 0 radical (unpaired) electrons. The summed E-state index contributed by atoms with van der Waals surface area (Å²) in [5.74, 6) is 0. The third-order valence-electron chi connectivity index (χ3n) is 1.63. The molecule has 0 aromatic heterocycles. The van der Waals surface area contributed by atoms with Crippen LogP contribution in [0.2, 0.25) is 0 Å². The van der Waals surface area contributed by atoms with E-state index in [1.54, 1.807) is 0 Å². The molecule has 2 heteroatoms. The maximum absolute atomic E-state index is 3.39. The first-order valence-corrected chi connectivity index (χ1v) is 5.96. The van der Waals surface area contributed by atoms with E-state index in [1.165, 1.54) is 45.2 Å². The molecule has 0 rings (SSSR count). The number of hydrogen-bond acceptors (Lipinski definition) is 2. The van der Waals surface area contributed by atoms with E-state index in [0.29, 0.717) is 0 Å². The Labute approximate surface area is 91.1 Å². The molecule has 0 aromatic carbocycles. The summed E-state index contributed by atoms with van der Waals surface area (Å²) in [6, 6.07) is 0. The molecule has 0 aliphatic heterocycles. The number of rotatable bonds is 7. The van der Waals surface area contributed by atoms with Crippen LogP contribution in [0.15, 0.2) is 0 Å². The van der Waals surface area contributed by atoms with Crippen molar-refractivity contribution in [1.82, 2.24) is 10.2 Å². The quantitative estimate of drug-likeness (QED) is 0.639. The Hall–Kier alpha value is -0.0800. The summed E-state index contributed by atoms with van der Waals surface area (Å²) in [5.41, 5.74) is 0. The third-order valence-corrected chi connectivity index (χ3v) is 1.63. The van der Waals surface area contributed by atoms with Gasteiger partial charge in [-0.3, -0.25) is 0 Å². The average Bonchev–Trinajstić information content (AvgIpc) is 2.10. The lowest BCUT2D eigenvalue weighted by Gasteiger charge is -2.00. The van der Waals surface area contributed by atoms with Gasteiger partial charge in [0.15, 0.2) is 0 Å². The van der Waals surface area contributed by atoms with Crippen molar-refractivity contribution in [2.45, 2.75) is 46.0 Å². The van der Waals surface area contributed by atoms with Crippen LogP contribution in [0, 0.1) is 0 Å². The molecule has 0 aliphatic carbocycles. The zero-order valence-corrected chi connectivity index (χ0v) is 10.9. The average molecular weight is 202 g/mol. The van der Waals surface area contributed by atoms with Crippen LogP contribution in [-0.4, -0.2) is 39.1 Å². The van der Waals surface area contributed by atoms with Gasteiger partial charge in [0.25, 0.3) is 0 Å². The zero-order chi connectivity index (χ0) is 11.2. The van der Waals surface area contributed by atoms with Crippen molar-refractivity contribution in [1.29, 1.82) is 0 Å². The molecule has 0 aromatic rings. The highest BCUT2D eigenvalue weighted by Crippen LogP contribution is 1.96. The largest absolute Gasteiger partial charge is 0.317 e. The maximum Gasteiger partial charge on any atom is -0.00489 e. The Morgan fingerprint density at radius 3 is 1.79 bits per heavy atom. The molecular weight excluding hydrogens is 172 g/mol. The minimum absolute atomic E-state index is 1.19. The highest BCUT2D eigenvalue weighted by molar-refractivity contribution is 4.46. The standard InChI is InChI=1S/C9H21N.C3H9N/c1-3-5-6-7-9-10-8-4-2;1-4(2)3/h10H,3-9H2,1-2H3;1-3H3. The van der Waals surface area contributed by atoms with E-state index in [2.05, 4.69) is 19.2 Å². The second-order valence-electron chi connectivity index (χ2n) is 4.15. The summed E-state index contributed by atoms with van der Waals surface area (Å²) in [5, 5.41) is 3.39. The smallest absolute Gasteiger partial charge is 0.00489 e.